The van der Waals surface area contributed by atoms with Gasteiger partial charge < -0.3 is 31.5 Å². The Bertz CT molecular complexity index is 1500. The molecule has 0 radical (unpaired) electrons. The van der Waals surface area contributed by atoms with Crippen molar-refractivity contribution in [3.8, 4) is 5.75 Å². The number of primary amides is 2. The summed E-state index contributed by atoms with van der Waals surface area (Å²) < 4.78 is 60.7. The van der Waals surface area contributed by atoms with Gasteiger partial charge in [0, 0.05) is 43.2 Å². The maximum atomic E-state index is 14.5. The summed E-state index contributed by atoms with van der Waals surface area (Å²) in [5, 5.41) is 14.7. The number of halogens is 4. The van der Waals surface area contributed by atoms with Crippen molar-refractivity contribution in [3.63, 3.8) is 0 Å². The first-order valence-corrected chi connectivity index (χ1v) is 15.4. The predicted molar refractivity (Wildman–Crippen MR) is 168 cm³/mol. The van der Waals surface area contributed by atoms with Gasteiger partial charge in [-0.2, -0.15) is 13.2 Å². The van der Waals surface area contributed by atoms with Crippen molar-refractivity contribution in [3.05, 3.63) is 88.3 Å². The van der Waals surface area contributed by atoms with E-state index >= 15 is 0 Å². The number of aliphatic hydroxyl groups is 1. The number of aliphatic hydroxyl groups excluding tert-OH is 1. The molecule has 256 valence electrons. The quantitative estimate of drug-likeness (QED) is 0.200. The fourth-order valence-electron chi connectivity index (χ4n) is 5.98. The molecule has 3 atom stereocenters. The highest BCUT2D eigenvalue weighted by atomic mass is 19.4. The number of nitrogens with zero attached hydrogens (tertiary/aromatic N) is 1. The molecule has 3 amide bonds. The molecule has 6 N–H and O–H groups in total. The number of rotatable bonds is 16. The van der Waals surface area contributed by atoms with Crippen LogP contribution >= 0.6 is 0 Å². The molecule has 1 aliphatic rings. The number of benzene rings is 2. The Morgan fingerprint density at radius 3 is 2.32 bits per heavy atom. The average molecular weight is 663 g/mol. The SMILES string of the molecule is CCCN(CCC)C(=O)C1=CC(C(N)=O)=CC(C(N)=O)([C@H](Cc2cc(F)cc(C(F)(F)F)c2)[C@@H](O)CNCc2cccc(OC)c2)C1. The minimum absolute atomic E-state index is 0.0266. The van der Waals surface area contributed by atoms with Crippen molar-refractivity contribution in [1.29, 1.82) is 0 Å². The molecule has 0 spiro atoms. The monoisotopic (exact) mass is 662 g/mol. The number of amides is 3. The number of carbonyl (C=O) groups is 3. The second-order valence-electron chi connectivity index (χ2n) is 11.7. The third kappa shape index (κ3) is 9.41. The lowest BCUT2D eigenvalue weighted by atomic mass is 9.63. The molecule has 0 heterocycles. The number of nitrogens with two attached hydrogens (primary N) is 2. The van der Waals surface area contributed by atoms with Crippen LogP contribution in [0.4, 0.5) is 17.6 Å². The molecule has 0 aliphatic heterocycles. The zero-order chi connectivity index (χ0) is 34.9. The number of ether oxygens (including phenoxy) is 1. The number of alkyl halides is 3. The van der Waals surface area contributed by atoms with Crippen LogP contribution in [0.1, 0.15) is 49.8 Å². The van der Waals surface area contributed by atoms with Gasteiger partial charge in [0.1, 0.15) is 11.6 Å². The molecule has 1 unspecified atom stereocenters. The highest BCUT2D eigenvalue weighted by Crippen LogP contribution is 2.45. The topological polar surface area (TPSA) is 148 Å². The van der Waals surface area contributed by atoms with Crippen LogP contribution in [0.3, 0.4) is 0 Å². The molecule has 0 aromatic heterocycles. The summed E-state index contributed by atoms with van der Waals surface area (Å²) in [7, 11) is 1.51. The summed E-state index contributed by atoms with van der Waals surface area (Å²) in [5.41, 5.74) is 8.83. The van der Waals surface area contributed by atoms with E-state index in [0.717, 1.165) is 17.7 Å². The standard InChI is InChI=1S/C34H42F4N4O5/c1-4-9-42(10-5-2)31(45)24-15-23(30(39)44)17-33(18-24,32(40)46)28(14-22-11-25(34(36,37)38)16-26(35)12-22)29(43)20-41-19-21-7-6-8-27(13-21)47-3/h6-8,11-13,15-17,28-29,41,43H,4-5,9-10,14,18-20H2,1-3H3,(H2,39,44)(H2,40,46)/t28-,29+,33?/m1/s1. The molecule has 0 bridgehead atoms. The van der Waals surface area contributed by atoms with Crippen molar-refractivity contribution in [2.45, 2.75) is 58.4 Å². The molecule has 9 nitrogen and oxygen atoms in total. The van der Waals surface area contributed by atoms with Crippen LogP contribution in [-0.4, -0.2) is 60.6 Å². The van der Waals surface area contributed by atoms with Crippen LogP contribution in [0, 0.1) is 17.2 Å². The normalized spacial score (nSPS) is 17.7. The third-order valence-electron chi connectivity index (χ3n) is 8.20. The van der Waals surface area contributed by atoms with Gasteiger partial charge in [0.25, 0.3) is 0 Å². The van der Waals surface area contributed by atoms with Gasteiger partial charge in [0.2, 0.25) is 17.7 Å². The van der Waals surface area contributed by atoms with Crippen LogP contribution < -0.4 is 21.5 Å². The lowest BCUT2D eigenvalue weighted by molar-refractivity contribution is -0.138. The largest absolute Gasteiger partial charge is 0.497 e. The Hall–Kier alpha value is -4.23. The van der Waals surface area contributed by atoms with E-state index in [-0.39, 0.29) is 36.2 Å². The van der Waals surface area contributed by atoms with Crippen LogP contribution in [0.25, 0.3) is 0 Å². The van der Waals surface area contributed by atoms with E-state index in [1.54, 1.807) is 29.2 Å². The summed E-state index contributed by atoms with van der Waals surface area (Å²) in [6.07, 6.45) is -3.51. The van der Waals surface area contributed by atoms with E-state index in [9.17, 15) is 37.1 Å². The molecule has 0 fully saturated rings. The van der Waals surface area contributed by atoms with Gasteiger partial charge in [-0.15, -0.1) is 0 Å². The summed E-state index contributed by atoms with van der Waals surface area (Å²) in [6.45, 7) is 4.57. The van der Waals surface area contributed by atoms with Gasteiger partial charge >= 0.3 is 6.18 Å². The summed E-state index contributed by atoms with van der Waals surface area (Å²) in [6, 6.07) is 9.03. The van der Waals surface area contributed by atoms with Gasteiger partial charge in [0.05, 0.1) is 24.2 Å². The molecule has 2 aromatic rings. The van der Waals surface area contributed by atoms with Crippen molar-refractivity contribution in [1.82, 2.24) is 10.2 Å². The number of nitrogens with one attached hydrogen (secondary N) is 1. The Balaban J connectivity index is 2.12. The number of carbonyl (C=O) groups excluding carboxylic acids is 3. The van der Waals surface area contributed by atoms with Gasteiger partial charge in [0.15, 0.2) is 0 Å². The molecule has 47 heavy (non-hydrogen) atoms. The Morgan fingerprint density at radius 2 is 1.74 bits per heavy atom. The maximum Gasteiger partial charge on any atom is 0.416 e. The second kappa shape index (κ2) is 16.1. The van der Waals surface area contributed by atoms with Crippen molar-refractivity contribution >= 4 is 17.7 Å². The zero-order valence-electron chi connectivity index (χ0n) is 26.7. The smallest absolute Gasteiger partial charge is 0.416 e. The van der Waals surface area contributed by atoms with E-state index < -0.39 is 59.1 Å². The van der Waals surface area contributed by atoms with Crippen LogP contribution in [0.5, 0.6) is 5.75 Å². The van der Waals surface area contributed by atoms with Crippen LogP contribution in [0.2, 0.25) is 0 Å². The molecule has 2 aromatic carbocycles. The minimum atomic E-state index is -4.88. The van der Waals surface area contributed by atoms with E-state index in [1.807, 2.05) is 13.8 Å². The van der Waals surface area contributed by atoms with Crippen molar-refractivity contribution in [2.24, 2.45) is 22.8 Å². The first-order valence-electron chi connectivity index (χ1n) is 15.4. The van der Waals surface area contributed by atoms with E-state index in [0.29, 0.717) is 37.7 Å². The van der Waals surface area contributed by atoms with Crippen LogP contribution in [0.15, 0.2) is 65.8 Å². The Kier molecular flexibility index (Phi) is 12.7. The molecule has 0 saturated heterocycles. The molecule has 0 saturated carbocycles. The van der Waals surface area contributed by atoms with Gasteiger partial charge in [-0.25, -0.2) is 4.39 Å². The molecule has 3 rings (SSSR count). The highest BCUT2D eigenvalue weighted by molar-refractivity contribution is 6.03. The fraction of sp³-hybridized carbons (Fsp3) is 0.441. The minimum Gasteiger partial charge on any atom is -0.497 e. The highest BCUT2D eigenvalue weighted by Gasteiger charge is 2.49. The van der Waals surface area contributed by atoms with Crippen molar-refractivity contribution < 1.29 is 41.8 Å². The zero-order valence-corrected chi connectivity index (χ0v) is 26.7. The average Bonchev–Trinajstić information content (AvgIpc) is 3.02. The first-order chi connectivity index (χ1) is 22.1. The van der Waals surface area contributed by atoms with Gasteiger partial charge in [-0.05, 0) is 73.2 Å². The van der Waals surface area contributed by atoms with Gasteiger partial charge in [-0.3, -0.25) is 14.4 Å². The third-order valence-corrected chi connectivity index (χ3v) is 8.20. The number of methoxy groups -OCH3 is 1. The number of hydrogen-bond donors (Lipinski definition) is 4. The van der Waals surface area contributed by atoms with Crippen LogP contribution in [-0.2, 0) is 33.5 Å². The lowest BCUT2D eigenvalue weighted by Crippen LogP contribution is -2.52. The summed E-state index contributed by atoms with van der Waals surface area (Å²) >= 11 is 0. The summed E-state index contributed by atoms with van der Waals surface area (Å²) in [4.78, 5) is 41.4. The molecule has 13 heteroatoms. The summed E-state index contributed by atoms with van der Waals surface area (Å²) in [5.74, 6) is -4.41. The fourth-order valence-corrected chi connectivity index (χ4v) is 5.98. The van der Waals surface area contributed by atoms with E-state index in [4.69, 9.17) is 16.2 Å². The maximum absolute atomic E-state index is 14.5. The van der Waals surface area contributed by atoms with Crippen molar-refractivity contribution in [2.75, 3.05) is 26.7 Å². The first kappa shape index (κ1) is 37.2. The Morgan fingerprint density at radius 1 is 1.06 bits per heavy atom. The molecular formula is C34H42F4N4O5. The molecule has 1 aliphatic carbocycles. The number of hydrogen-bond acceptors (Lipinski definition) is 6. The van der Waals surface area contributed by atoms with E-state index in [2.05, 4.69) is 5.32 Å². The predicted octanol–water partition coefficient (Wildman–Crippen LogP) is 4.02. The Labute approximate surface area is 271 Å². The molecular weight excluding hydrogens is 620 g/mol. The second-order valence-corrected chi connectivity index (χ2v) is 11.7. The van der Waals surface area contributed by atoms with Gasteiger partial charge in [-0.1, -0.05) is 32.1 Å². The lowest BCUT2D eigenvalue weighted by Gasteiger charge is -2.42. The van der Waals surface area contributed by atoms with E-state index in [1.165, 1.54) is 19.3 Å².